The van der Waals surface area contributed by atoms with E-state index < -0.39 is 0 Å². The highest BCUT2D eigenvalue weighted by molar-refractivity contribution is 5.38. The molecule has 0 aromatic heterocycles. The second-order valence-corrected chi connectivity index (χ2v) is 10.8. The molecule has 2 saturated heterocycles. The molecule has 3 aliphatic rings. The first-order valence-corrected chi connectivity index (χ1v) is 13.9. The topological polar surface area (TPSA) is 19.0 Å². The number of hydrogen-bond donors (Lipinski definition) is 0. The lowest BCUT2D eigenvalue weighted by atomic mass is 9.95. The maximum atomic E-state index is 13.7. The molecule has 2 fully saturated rings. The van der Waals surface area contributed by atoms with Crippen molar-refractivity contribution in [3.63, 3.8) is 0 Å². The van der Waals surface area contributed by atoms with Crippen LogP contribution in [0.25, 0.3) is 0 Å². The number of nitrogens with zero attached hydrogens (tertiary/aromatic N) is 3. The highest BCUT2D eigenvalue weighted by Crippen LogP contribution is 2.35. The van der Waals surface area contributed by atoms with E-state index in [4.69, 9.17) is 4.74 Å². The summed E-state index contributed by atoms with van der Waals surface area (Å²) in [4.78, 5) is 7.47. The van der Waals surface area contributed by atoms with Crippen LogP contribution in [0.1, 0.15) is 37.9 Å². The lowest BCUT2D eigenvalue weighted by molar-refractivity contribution is 0.0484. The first-order chi connectivity index (χ1) is 18.4. The summed E-state index contributed by atoms with van der Waals surface area (Å²) in [7, 11) is 0. The number of benzene rings is 2. The fraction of sp³-hybridized carbons (Fsp3) is 0.438. The molecule has 2 aromatic rings. The van der Waals surface area contributed by atoms with E-state index in [-0.39, 0.29) is 23.6 Å². The number of rotatable bonds is 6. The molecule has 0 bridgehead atoms. The predicted octanol–water partition coefficient (Wildman–Crippen LogP) is 6.00. The van der Waals surface area contributed by atoms with Gasteiger partial charge in [0.2, 0.25) is 0 Å². The Labute approximate surface area is 225 Å². The van der Waals surface area contributed by atoms with Gasteiger partial charge in [-0.25, -0.2) is 8.78 Å². The number of allylic oxidation sites excluding steroid dienone is 4. The average molecular weight is 520 g/mol. The van der Waals surface area contributed by atoms with Crippen LogP contribution in [0.2, 0.25) is 0 Å². The summed E-state index contributed by atoms with van der Waals surface area (Å²) in [6.07, 6.45) is 7.03. The molecular weight excluding hydrogens is 480 g/mol. The lowest BCUT2D eigenvalue weighted by Gasteiger charge is -2.43. The minimum atomic E-state index is -0.247. The van der Waals surface area contributed by atoms with Crippen LogP contribution in [0.3, 0.4) is 0 Å². The number of piperazine rings is 1. The molecule has 1 aliphatic carbocycles. The van der Waals surface area contributed by atoms with E-state index in [2.05, 4.69) is 53.7 Å². The van der Waals surface area contributed by atoms with Crippen LogP contribution >= 0.6 is 0 Å². The third-order valence-corrected chi connectivity index (χ3v) is 8.11. The fourth-order valence-electron chi connectivity index (χ4n) is 5.89. The summed E-state index contributed by atoms with van der Waals surface area (Å²) in [6.45, 7) is 13.8. The van der Waals surface area contributed by atoms with Gasteiger partial charge in [-0.15, -0.1) is 0 Å². The van der Waals surface area contributed by atoms with Crippen LogP contribution in [0.4, 0.5) is 8.78 Å². The molecule has 4 nitrogen and oxygen atoms in total. The molecule has 0 N–H and O–H groups in total. The van der Waals surface area contributed by atoms with Gasteiger partial charge in [0.1, 0.15) is 11.6 Å². The van der Waals surface area contributed by atoms with Crippen molar-refractivity contribution in [3.8, 4) is 0 Å². The van der Waals surface area contributed by atoms with Gasteiger partial charge in [-0.3, -0.25) is 4.90 Å². The Bertz CT molecular complexity index is 1130. The van der Waals surface area contributed by atoms with E-state index in [1.165, 1.54) is 41.2 Å². The molecule has 5 rings (SSSR count). The van der Waals surface area contributed by atoms with Crippen LogP contribution < -0.4 is 0 Å². The van der Waals surface area contributed by atoms with E-state index in [9.17, 15) is 8.78 Å². The summed E-state index contributed by atoms with van der Waals surface area (Å²) in [6, 6.07) is 13.4. The molecule has 0 amide bonds. The van der Waals surface area contributed by atoms with E-state index in [0.717, 1.165) is 63.6 Å². The van der Waals surface area contributed by atoms with Crippen molar-refractivity contribution < 1.29 is 13.5 Å². The zero-order chi connectivity index (χ0) is 26.6. The number of hydrogen-bond acceptors (Lipinski definition) is 4. The maximum absolute atomic E-state index is 13.7. The van der Waals surface area contributed by atoms with Crippen molar-refractivity contribution in [3.05, 3.63) is 106 Å². The average Bonchev–Trinajstić information content (AvgIpc) is 3.11. The molecule has 0 spiro atoms. The third kappa shape index (κ3) is 5.87. The molecular formula is C32H39F2N3O. The molecule has 2 heterocycles. The van der Waals surface area contributed by atoms with Gasteiger partial charge < -0.3 is 14.5 Å². The number of ether oxygens (including phenoxy) is 1. The summed E-state index contributed by atoms with van der Waals surface area (Å²) in [5.74, 6) is 0.252. The summed E-state index contributed by atoms with van der Waals surface area (Å²) < 4.78 is 33.1. The van der Waals surface area contributed by atoms with Gasteiger partial charge in [0.05, 0.1) is 19.3 Å². The van der Waals surface area contributed by atoms with Gasteiger partial charge in [0.15, 0.2) is 0 Å². The molecule has 1 atom stereocenters. The van der Waals surface area contributed by atoms with Crippen molar-refractivity contribution in [1.82, 2.24) is 14.7 Å². The quantitative estimate of drug-likeness (QED) is 0.466. The lowest BCUT2D eigenvalue weighted by Crippen LogP contribution is -2.48. The van der Waals surface area contributed by atoms with Crippen molar-refractivity contribution in [1.29, 1.82) is 0 Å². The normalized spacial score (nSPS) is 21.3. The minimum absolute atomic E-state index is 0.0462. The Balaban J connectivity index is 1.37. The van der Waals surface area contributed by atoms with Gasteiger partial charge in [0, 0.05) is 56.6 Å². The third-order valence-electron chi connectivity index (χ3n) is 8.11. The molecule has 2 aliphatic heterocycles. The van der Waals surface area contributed by atoms with E-state index in [1.54, 1.807) is 0 Å². The zero-order valence-electron chi connectivity index (χ0n) is 22.7. The Morgan fingerprint density at radius 2 is 1.24 bits per heavy atom. The monoisotopic (exact) mass is 519 g/mol. The van der Waals surface area contributed by atoms with E-state index in [0.29, 0.717) is 5.92 Å². The molecule has 38 heavy (non-hydrogen) atoms. The highest BCUT2D eigenvalue weighted by atomic mass is 19.1. The van der Waals surface area contributed by atoms with Gasteiger partial charge in [-0.2, -0.15) is 0 Å². The maximum Gasteiger partial charge on any atom is 0.123 e. The second kappa shape index (κ2) is 11.8. The SMILES string of the molecule is CC(C)C1=CC=C(N2CCN(C(c3ccc(F)cc3)c3ccc(F)cc3)CC2)C(C)C(N2CCOCC2)=C1. The van der Waals surface area contributed by atoms with Crippen LogP contribution in [0.15, 0.2) is 83.7 Å². The molecule has 2 aromatic carbocycles. The molecule has 202 valence electrons. The molecule has 0 radical (unpaired) electrons. The van der Waals surface area contributed by atoms with Crippen molar-refractivity contribution in [2.24, 2.45) is 11.8 Å². The van der Waals surface area contributed by atoms with Crippen LogP contribution in [0.5, 0.6) is 0 Å². The van der Waals surface area contributed by atoms with Gasteiger partial charge in [-0.1, -0.05) is 51.1 Å². The minimum Gasteiger partial charge on any atom is -0.378 e. The van der Waals surface area contributed by atoms with Gasteiger partial charge in [-0.05, 0) is 59.0 Å². The summed E-state index contributed by atoms with van der Waals surface area (Å²) in [5, 5.41) is 0. The fourth-order valence-corrected chi connectivity index (χ4v) is 5.89. The van der Waals surface area contributed by atoms with Crippen LogP contribution in [0, 0.1) is 23.5 Å². The van der Waals surface area contributed by atoms with Crippen molar-refractivity contribution in [2.45, 2.75) is 26.8 Å². The number of halogens is 2. The highest BCUT2D eigenvalue weighted by Gasteiger charge is 2.31. The standard InChI is InChI=1S/C32H39F2N3O/c1-23(2)27-8-13-30(24(3)31(22-27)36-18-20-38-21-19-36)35-14-16-37(17-15-35)32(25-4-9-28(33)10-5-25)26-6-11-29(34)12-7-26/h4-13,22-24,32H,14-21H2,1-3H3. The molecule has 6 heteroatoms. The van der Waals surface area contributed by atoms with Crippen LogP contribution in [-0.4, -0.2) is 67.2 Å². The van der Waals surface area contributed by atoms with Gasteiger partial charge in [0.25, 0.3) is 0 Å². The Hall–Kier alpha value is -2.96. The van der Waals surface area contributed by atoms with Crippen LogP contribution in [-0.2, 0) is 4.74 Å². The largest absolute Gasteiger partial charge is 0.378 e. The molecule has 0 saturated carbocycles. The Morgan fingerprint density at radius 1 is 0.711 bits per heavy atom. The Kier molecular flexibility index (Phi) is 8.29. The predicted molar refractivity (Wildman–Crippen MR) is 148 cm³/mol. The number of morpholine rings is 1. The smallest absolute Gasteiger partial charge is 0.123 e. The first kappa shape index (κ1) is 26.6. The Morgan fingerprint density at radius 3 is 1.76 bits per heavy atom. The zero-order valence-corrected chi connectivity index (χ0v) is 22.7. The van der Waals surface area contributed by atoms with Crippen molar-refractivity contribution >= 4 is 0 Å². The summed E-state index contributed by atoms with van der Waals surface area (Å²) in [5.41, 5.74) is 6.15. The summed E-state index contributed by atoms with van der Waals surface area (Å²) >= 11 is 0. The first-order valence-electron chi connectivity index (χ1n) is 13.9. The van der Waals surface area contributed by atoms with E-state index >= 15 is 0 Å². The molecule has 1 unspecified atom stereocenters. The second-order valence-electron chi connectivity index (χ2n) is 10.8. The van der Waals surface area contributed by atoms with Crippen molar-refractivity contribution in [2.75, 3.05) is 52.5 Å². The van der Waals surface area contributed by atoms with Gasteiger partial charge >= 0.3 is 0 Å². The van der Waals surface area contributed by atoms with E-state index in [1.807, 2.05) is 24.3 Å².